The van der Waals surface area contributed by atoms with E-state index in [1.807, 2.05) is 42.5 Å². The van der Waals surface area contributed by atoms with Crippen LogP contribution in [0, 0.1) is 0 Å². The Balaban J connectivity index is 2.43. The Morgan fingerprint density at radius 1 is 0.741 bits per heavy atom. The molecule has 0 radical (unpaired) electrons. The number of hydrogen-bond donors (Lipinski definition) is 1. The summed E-state index contributed by atoms with van der Waals surface area (Å²) in [4.78, 5) is 46.5. The zero-order valence-electron chi connectivity index (χ0n) is 14.1. The van der Waals surface area contributed by atoms with Gasteiger partial charge in [-0.2, -0.15) is 0 Å². The van der Waals surface area contributed by atoms with Crippen molar-refractivity contribution >= 4 is 24.8 Å². The summed E-state index contributed by atoms with van der Waals surface area (Å²) in [5.41, 5.74) is 1.70. The number of rotatable bonds is 6. The molecule has 0 aromatic heterocycles. The maximum absolute atomic E-state index is 11.8. The molecule has 0 atom stereocenters. The molecule has 0 aliphatic carbocycles. The smallest absolute Gasteiger partial charge is 0.336 e. The summed E-state index contributed by atoms with van der Waals surface area (Å²) in [5.74, 6) is -1.38. The van der Waals surface area contributed by atoms with Gasteiger partial charge < -0.3 is 5.11 Å². The van der Waals surface area contributed by atoms with Gasteiger partial charge in [-0.3, -0.25) is 14.4 Å². The molecular weight excluding hydrogens is 344 g/mol. The molecule has 0 bridgehead atoms. The molecule has 5 nitrogen and oxygen atoms in total. The van der Waals surface area contributed by atoms with E-state index in [0.29, 0.717) is 24.4 Å². The molecule has 0 saturated carbocycles. The Labute approximate surface area is 154 Å². The lowest BCUT2D eigenvalue weighted by molar-refractivity contribution is 0.0694. The number of carbonyl (C=O) groups is 4. The van der Waals surface area contributed by atoms with Crippen LogP contribution in [-0.2, 0) is 0 Å². The summed E-state index contributed by atoms with van der Waals surface area (Å²) in [6.45, 7) is 0. The van der Waals surface area contributed by atoms with Crippen molar-refractivity contribution in [3.8, 4) is 22.3 Å². The van der Waals surface area contributed by atoms with E-state index in [4.69, 9.17) is 0 Å². The Hall–Kier alpha value is -3.86. The second-order valence-corrected chi connectivity index (χ2v) is 5.79. The third-order valence-electron chi connectivity index (χ3n) is 4.31. The minimum atomic E-state index is -1.38. The first-order valence-electron chi connectivity index (χ1n) is 8.07. The van der Waals surface area contributed by atoms with Gasteiger partial charge in [-0.15, -0.1) is 0 Å². The van der Waals surface area contributed by atoms with Crippen molar-refractivity contribution in [2.75, 3.05) is 0 Å². The van der Waals surface area contributed by atoms with E-state index < -0.39 is 5.97 Å². The van der Waals surface area contributed by atoms with Gasteiger partial charge in [0, 0.05) is 22.3 Å². The van der Waals surface area contributed by atoms with E-state index in [1.54, 1.807) is 12.1 Å². The number of hydrogen-bond acceptors (Lipinski definition) is 4. The van der Waals surface area contributed by atoms with Gasteiger partial charge in [0.1, 0.15) is 0 Å². The normalized spacial score (nSPS) is 10.2. The Morgan fingerprint density at radius 3 is 1.89 bits per heavy atom. The van der Waals surface area contributed by atoms with Crippen LogP contribution < -0.4 is 0 Å². The molecule has 3 aromatic carbocycles. The Morgan fingerprint density at radius 2 is 1.33 bits per heavy atom. The first-order valence-corrected chi connectivity index (χ1v) is 8.07. The van der Waals surface area contributed by atoms with Crippen LogP contribution in [0.5, 0.6) is 0 Å². The minimum Gasteiger partial charge on any atom is -0.478 e. The highest BCUT2D eigenvalue weighted by Gasteiger charge is 2.23. The number of carboxylic acid groups (broad SMARTS) is 1. The maximum atomic E-state index is 11.8. The molecule has 1 N–H and O–H groups in total. The number of carboxylic acids is 1. The fourth-order valence-electron chi connectivity index (χ4n) is 3.13. The summed E-state index contributed by atoms with van der Waals surface area (Å²) in [7, 11) is 0. The van der Waals surface area contributed by atoms with Crippen molar-refractivity contribution in [2.45, 2.75) is 0 Å². The van der Waals surface area contributed by atoms with Crippen LogP contribution in [0.1, 0.15) is 41.4 Å². The molecule has 0 amide bonds. The molecule has 0 heterocycles. The highest BCUT2D eigenvalue weighted by molar-refractivity contribution is 6.10. The SMILES string of the molecule is O=Cc1cc(C(=O)O)c(C=O)c(C=O)c1-c1ccccc1-c1ccccc1. The monoisotopic (exact) mass is 358 g/mol. The van der Waals surface area contributed by atoms with Gasteiger partial charge in [0.25, 0.3) is 0 Å². The van der Waals surface area contributed by atoms with Crippen LogP contribution in [0.25, 0.3) is 22.3 Å². The van der Waals surface area contributed by atoms with Crippen LogP contribution in [0.2, 0.25) is 0 Å². The highest BCUT2D eigenvalue weighted by Crippen LogP contribution is 2.37. The molecule has 0 unspecified atom stereocenters. The van der Waals surface area contributed by atoms with Gasteiger partial charge in [-0.1, -0.05) is 54.6 Å². The molecule has 3 rings (SSSR count). The van der Waals surface area contributed by atoms with Gasteiger partial charge in [0.05, 0.1) is 5.56 Å². The lowest BCUT2D eigenvalue weighted by atomic mass is 9.85. The molecule has 132 valence electrons. The van der Waals surface area contributed by atoms with E-state index in [9.17, 15) is 24.3 Å². The van der Waals surface area contributed by atoms with Crippen molar-refractivity contribution in [1.82, 2.24) is 0 Å². The molecule has 0 aliphatic heterocycles. The van der Waals surface area contributed by atoms with Crippen molar-refractivity contribution in [3.63, 3.8) is 0 Å². The maximum Gasteiger partial charge on any atom is 0.336 e. The average Bonchev–Trinajstić information content (AvgIpc) is 2.72. The van der Waals surface area contributed by atoms with Crippen LogP contribution >= 0.6 is 0 Å². The third kappa shape index (κ3) is 3.18. The number of aldehydes is 3. The van der Waals surface area contributed by atoms with Gasteiger partial charge in [0.15, 0.2) is 18.9 Å². The molecular formula is C22H14O5. The number of benzene rings is 3. The van der Waals surface area contributed by atoms with E-state index >= 15 is 0 Å². The Kier molecular flexibility index (Phi) is 5.04. The molecule has 0 saturated heterocycles. The van der Waals surface area contributed by atoms with E-state index in [0.717, 1.165) is 17.2 Å². The highest BCUT2D eigenvalue weighted by atomic mass is 16.4. The molecule has 5 heteroatoms. The largest absolute Gasteiger partial charge is 0.478 e. The molecule has 0 aliphatic rings. The second-order valence-electron chi connectivity index (χ2n) is 5.79. The summed E-state index contributed by atoms with van der Waals surface area (Å²) in [5, 5.41) is 9.34. The summed E-state index contributed by atoms with van der Waals surface area (Å²) in [6.07, 6.45) is 1.24. The zero-order chi connectivity index (χ0) is 19.4. The summed E-state index contributed by atoms with van der Waals surface area (Å²) >= 11 is 0. The predicted octanol–water partition coefficient (Wildman–Crippen LogP) is 4.16. The fraction of sp³-hybridized carbons (Fsp3) is 0. The average molecular weight is 358 g/mol. The summed E-state index contributed by atoms with van der Waals surface area (Å²) in [6, 6.07) is 17.6. The van der Waals surface area contributed by atoms with Gasteiger partial charge in [-0.05, 0) is 22.8 Å². The van der Waals surface area contributed by atoms with E-state index in [2.05, 4.69) is 0 Å². The van der Waals surface area contributed by atoms with Gasteiger partial charge in [-0.25, -0.2) is 4.79 Å². The van der Waals surface area contributed by atoms with Crippen molar-refractivity contribution in [1.29, 1.82) is 0 Å². The van der Waals surface area contributed by atoms with Crippen molar-refractivity contribution in [2.24, 2.45) is 0 Å². The quantitative estimate of drug-likeness (QED) is 0.669. The lowest BCUT2D eigenvalue weighted by Crippen LogP contribution is -2.09. The molecule has 0 spiro atoms. The number of carbonyl (C=O) groups excluding carboxylic acids is 3. The summed E-state index contributed by atoms with van der Waals surface area (Å²) < 4.78 is 0. The van der Waals surface area contributed by atoms with Crippen molar-refractivity contribution < 1.29 is 24.3 Å². The second kappa shape index (κ2) is 7.58. The molecule has 3 aromatic rings. The fourth-order valence-corrected chi connectivity index (χ4v) is 3.13. The van der Waals surface area contributed by atoms with Crippen LogP contribution in [0.15, 0.2) is 60.7 Å². The first kappa shape index (κ1) is 17.9. The van der Waals surface area contributed by atoms with Crippen LogP contribution in [0.3, 0.4) is 0 Å². The molecule has 27 heavy (non-hydrogen) atoms. The van der Waals surface area contributed by atoms with Crippen molar-refractivity contribution in [3.05, 3.63) is 82.9 Å². The standard InChI is InChI=1S/C22H14O5/c23-11-15-10-18(22(26)27)19(12-24)20(13-25)21(15)17-9-5-4-8-16(17)14-6-2-1-3-7-14/h1-13H,(H,26,27). The predicted molar refractivity (Wildman–Crippen MR) is 100 cm³/mol. The third-order valence-corrected chi connectivity index (χ3v) is 4.31. The van der Waals surface area contributed by atoms with Gasteiger partial charge in [0.2, 0.25) is 0 Å². The van der Waals surface area contributed by atoms with E-state index in [-0.39, 0.29) is 27.8 Å². The lowest BCUT2D eigenvalue weighted by Gasteiger charge is -2.16. The van der Waals surface area contributed by atoms with E-state index in [1.165, 1.54) is 0 Å². The van der Waals surface area contributed by atoms with Gasteiger partial charge >= 0.3 is 5.97 Å². The molecule has 0 fully saturated rings. The van der Waals surface area contributed by atoms with Crippen LogP contribution in [0.4, 0.5) is 0 Å². The first-order chi connectivity index (χ1) is 13.1. The topological polar surface area (TPSA) is 88.5 Å². The minimum absolute atomic E-state index is 0.0310. The number of aromatic carboxylic acids is 1. The zero-order valence-corrected chi connectivity index (χ0v) is 14.1. The van der Waals surface area contributed by atoms with Crippen LogP contribution in [-0.4, -0.2) is 29.9 Å². The Bertz CT molecular complexity index is 1050.